The Labute approximate surface area is 173 Å². The summed E-state index contributed by atoms with van der Waals surface area (Å²) >= 11 is 1.52. The van der Waals surface area contributed by atoms with Crippen LogP contribution in [0.2, 0.25) is 0 Å². The molecule has 0 amide bonds. The number of aromatic nitrogens is 4. The monoisotopic (exact) mass is 406 g/mol. The smallest absolute Gasteiger partial charge is 0.266 e. The molecule has 0 saturated carbocycles. The van der Waals surface area contributed by atoms with E-state index < -0.39 is 0 Å². The minimum Gasteiger partial charge on any atom is -0.493 e. The van der Waals surface area contributed by atoms with Crippen LogP contribution >= 0.6 is 11.8 Å². The molecule has 2 aromatic carbocycles. The second kappa shape index (κ2) is 8.53. The predicted molar refractivity (Wildman–Crippen MR) is 116 cm³/mol. The number of H-pyrrole nitrogens is 1. The van der Waals surface area contributed by atoms with Crippen LogP contribution in [0.5, 0.6) is 5.75 Å². The zero-order valence-electron chi connectivity index (χ0n) is 16.4. The van der Waals surface area contributed by atoms with Crippen molar-refractivity contribution in [2.45, 2.75) is 25.4 Å². The maximum absolute atomic E-state index is 11.8. The van der Waals surface area contributed by atoms with Crippen molar-refractivity contribution < 1.29 is 4.74 Å². The van der Waals surface area contributed by atoms with E-state index in [1.54, 1.807) is 4.52 Å². The molecular formula is C22H22N4O2S. The molecule has 0 spiro atoms. The molecule has 29 heavy (non-hydrogen) atoms. The molecule has 4 rings (SSSR count). The first kappa shape index (κ1) is 19.3. The van der Waals surface area contributed by atoms with Crippen LogP contribution in [0.3, 0.4) is 0 Å². The van der Waals surface area contributed by atoms with Crippen LogP contribution in [-0.4, -0.2) is 31.9 Å². The number of rotatable bonds is 7. The fourth-order valence-electron chi connectivity index (χ4n) is 2.93. The summed E-state index contributed by atoms with van der Waals surface area (Å²) in [6, 6.07) is 17.6. The lowest BCUT2D eigenvalue weighted by Gasteiger charge is -2.09. The first-order valence-corrected chi connectivity index (χ1v) is 10.5. The van der Waals surface area contributed by atoms with Crippen LogP contribution in [0.4, 0.5) is 0 Å². The Morgan fingerprint density at radius 1 is 1.07 bits per heavy atom. The Bertz CT molecular complexity index is 1160. The van der Waals surface area contributed by atoms with E-state index in [9.17, 15) is 4.79 Å². The van der Waals surface area contributed by atoms with Crippen molar-refractivity contribution in [2.24, 2.45) is 0 Å². The average molecular weight is 407 g/mol. The molecule has 6 nitrogen and oxygen atoms in total. The highest BCUT2D eigenvalue weighted by atomic mass is 32.2. The summed E-state index contributed by atoms with van der Waals surface area (Å²) in [7, 11) is 0. The summed E-state index contributed by atoms with van der Waals surface area (Å²) in [6.45, 7) is 4.70. The number of nitrogens with one attached hydrogen (secondary N) is 1. The number of thioether (sulfide) groups is 1. The normalized spacial score (nSPS) is 11.1. The molecule has 7 heteroatoms. The van der Waals surface area contributed by atoms with Gasteiger partial charge in [0.25, 0.3) is 5.56 Å². The van der Waals surface area contributed by atoms with Crippen LogP contribution in [0.15, 0.2) is 64.5 Å². The highest BCUT2D eigenvalue weighted by Crippen LogP contribution is 2.22. The quantitative estimate of drug-likeness (QED) is 0.369. The standard InChI is InChI=1S/C22H22N4O2S/c1-3-16-6-10-18(11-7-16)28-12-13-29-22-24-21(17-8-4-15(2)5-9-17)23-19-14-20(27)25-26(19)22/h4-11,14H,3,12-13H2,1-2H3,(H,25,27). The number of benzene rings is 2. The highest BCUT2D eigenvalue weighted by Gasteiger charge is 2.11. The molecule has 2 aromatic heterocycles. The van der Waals surface area contributed by atoms with Crippen LogP contribution in [0.1, 0.15) is 18.1 Å². The number of fused-ring (bicyclic) bond motifs is 1. The summed E-state index contributed by atoms with van der Waals surface area (Å²) in [5, 5.41) is 3.44. The van der Waals surface area contributed by atoms with Crippen molar-refractivity contribution in [3.05, 3.63) is 76.1 Å². The molecule has 4 aromatic rings. The van der Waals surface area contributed by atoms with Crippen molar-refractivity contribution in [3.8, 4) is 17.1 Å². The van der Waals surface area contributed by atoms with Gasteiger partial charge in [-0.15, -0.1) is 0 Å². The number of aromatic amines is 1. The summed E-state index contributed by atoms with van der Waals surface area (Å²) in [4.78, 5) is 21.0. The fourth-order valence-corrected chi connectivity index (χ4v) is 3.69. The maximum atomic E-state index is 11.8. The zero-order chi connectivity index (χ0) is 20.2. The van der Waals surface area contributed by atoms with Crippen molar-refractivity contribution in [3.63, 3.8) is 0 Å². The minimum atomic E-state index is -0.200. The van der Waals surface area contributed by atoms with Gasteiger partial charge in [-0.1, -0.05) is 60.6 Å². The van der Waals surface area contributed by atoms with Gasteiger partial charge in [0.2, 0.25) is 0 Å². The third kappa shape index (κ3) is 4.51. The van der Waals surface area contributed by atoms with Gasteiger partial charge in [-0.25, -0.2) is 14.5 Å². The summed E-state index contributed by atoms with van der Waals surface area (Å²) in [5.74, 6) is 2.14. The van der Waals surface area contributed by atoms with Gasteiger partial charge in [-0.05, 0) is 31.0 Å². The molecule has 2 heterocycles. The van der Waals surface area contributed by atoms with Crippen LogP contribution in [0.25, 0.3) is 17.0 Å². The van der Waals surface area contributed by atoms with E-state index in [1.165, 1.54) is 29.0 Å². The van der Waals surface area contributed by atoms with E-state index in [1.807, 2.05) is 43.3 Å². The predicted octanol–water partition coefficient (Wildman–Crippen LogP) is 4.13. The Morgan fingerprint density at radius 3 is 2.55 bits per heavy atom. The van der Waals surface area contributed by atoms with E-state index >= 15 is 0 Å². The first-order valence-electron chi connectivity index (χ1n) is 9.54. The number of hydrogen-bond acceptors (Lipinski definition) is 5. The van der Waals surface area contributed by atoms with Gasteiger partial charge in [-0.3, -0.25) is 9.89 Å². The Balaban J connectivity index is 1.51. The second-order valence-corrected chi connectivity index (χ2v) is 7.77. The Hall–Kier alpha value is -3.06. The molecule has 0 bridgehead atoms. The van der Waals surface area contributed by atoms with Gasteiger partial charge in [0.1, 0.15) is 5.75 Å². The highest BCUT2D eigenvalue weighted by molar-refractivity contribution is 7.99. The minimum absolute atomic E-state index is 0.200. The van der Waals surface area contributed by atoms with Gasteiger partial charge < -0.3 is 4.74 Å². The van der Waals surface area contributed by atoms with Crippen molar-refractivity contribution >= 4 is 17.4 Å². The number of ether oxygens (including phenoxy) is 1. The number of hydrogen-bond donors (Lipinski definition) is 1. The number of aryl methyl sites for hydroxylation is 2. The van der Waals surface area contributed by atoms with E-state index in [0.717, 1.165) is 17.7 Å². The molecular weight excluding hydrogens is 384 g/mol. The topological polar surface area (TPSA) is 72.3 Å². The van der Waals surface area contributed by atoms with E-state index in [0.29, 0.717) is 29.0 Å². The van der Waals surface area contributed by atoms with Crippen molar-refractivity contribution in [2.75, 3.05) is 12.4 Å². The molecule has 0 unspecified atom stereocenters. The third-order valence-electron chi connectivity index (χ3n) is 4.55. The third-order valence-corrected chi connectivity index (χ3v) is 5.45. The molecule has 0 radical (unpaired) electrons. The van der Waals surface area contributed by atoms with Gasteiger partial charge in [-0.2, -0.15) is 0 Å². The van der Waals surface area contributed by atoms with Crippen LogP contribution < -0.4 is 10.3 Å². The molecule has 1 N–H and O–H groups in total. The molecule has 148 valence electrons. The zero-order valence-corrected chi connectivity index (χ0v) is 17.2. The maximum Gasteiger partial charge on any atom is 0.266 e. The van der Waals surface area contributed by atoms with Crippen LogP contribution in [0, 0.1) is 6.92 Å². The summed E-state index contributed by atoms with van der Waals surface area (Å²) < 4.78 is 7.45. The molecule has 0 atom stereocenters. The Kier molecular flexibility index (Phi) is 5.67. The molecule has 0 aliphatic heterocycles. The van der Waals surface area contributed by atoms with Gasteiger partial charge in [0.05, 0.1) is 6.61 Å². The van der Waals surface area contributed by atoms with Crippen molar-refractivity contribution in [1.29, 1.82) is 0 Å². The molecule has 0 aliphatic carbocycles. The first-order chi connectivity index (χ1) is 14.1. The van der Waals surface area contributed by atoms with Gasteiger partial charge in [0.15, 0.2) is 16.6 Å². The van der Waals surface area contributed by atoms with E-state index in [4.69, 9.17) is 4.74 Å². The molecule has 0 aliphatic rings. The lowest BCUT2D eigenvalue weighted by Crippen LogP contribution is -2.06. The summed E-state index contributed by atoms with van der Waals surface area (Å²) in [5.41, 5.74) is 3.73. The fraction of sp³-hybridized carbons (Fsp3) is 0.227. The van der Waals surface area contributed by atoms with Crippen molar-refractivity contribution in [1.82, 2.24) is 19.6 Å². The number of nitrogens with zero attached hydrogens (tertiary/aromatic N) is 3. The second-order valence-electron chi connectivity index (χ2n) is 6.70. The Morgan fingerprint density at radius 2 is 1.83 bits per heavy atom. The van der Waals surface area contributed by atoms with Gasteiger partial charge in [0, 0.05) is 17.4 Å². The lowest BCUT2D eigenvalue weighted by atomic mass is 10.1. The van der Waals surface area contributed by atoms with Crippen LogP contribution in [-0.2, 0) is 6.42 Å². The average Bonchev–Trinajstić information content (AvgIpc) is 3.12. The molecule has 0 fully saturated rings. The molecule has 0 saturated heterocycles. The largest absolute Gasteiger partial charge is 0.493 e. The lowest BCUT2D eigenvalue weighted by molar-refractivity contribution is 0.343. The van der Waals surface area contributed by atoms with E-state index in [-0.39, 0.29) is 5.56 Å². The van der Waals surface area contributed by atoms with E-state index in [2.05, 4.69) is 34.1 Å². The summed E-state index contributed by atoms with van der Waals surface area (Å²) in [6.07, 6.45) is 1.01. The SMILES string of the molecule is CCc1ccc(OCCSc2nc(-c3ccc(C)cc3)nc3cc(=O)[nH]n23)cc1. The van der Waals surface area contributed by atoms with Gasteiger partial charge >= 0.3 is 0 Å².